The van der Waals surface area contributed by atoms with Crippen molar-refractivity contribution in [1.29, 1.82) is 0 Å². The van der Waals surface area contributed by atoms with Crippen molar-refractivity contribution in [3.05, 3.63) is 17.0 Å². The van der Waals surface area contributed by atoms with Gasteiger partial charge in [-0.3, -0.25) is 0 Å². The van der Waals surface area contributed by atoms with Crippen molar-refractivity contribution < 1.29 is 13.5 Å². The van der Waals surface area contributed by atoms with Crippen molar-refractivity contribution in [2.75, 3.05) is 6.61 Å². The third kappa shape index (κ3) is 3.83. The molecule has 0 bridgehead atoms. The molecule has 0 aliphatic carbocycles. The van der Waals surface area contributed by atoms with Gasteiger partial charge in [-0.1, -0.05) is 11.6 Å². The van der Waals surface area contributed by atoms with E-state index in [0.717, 1.165) is 6.92 Å². The van der Waals surface area contributed by atoms with E-state index in [1.54, 1.807) is 6.92 Å². The molecule has 0 fully saturated rings. The zero-order chi connectivity index (χ0) is 10.8. The van der Waals surface area contributed by atoms with Crippen molar-refractivity contribution in [1.82, 2.24) is 9.97 Å². The van der Waals surface area contributed by atoms with Crippen LogP contribution in [0, 0.1) is 6.92 Å². The van der Waals surface area contributed by atoms with Crippen LogP contribution in [0.25, 0.3) is 0 Å². The lowest BCUT2D eigenvalue weighted by molar-refractivity contribution is -0.0243. The summed E-state index contributed by atoms with van der Waals surface area (Å²) < 4.78 is 29.6. The van der Waals surface area contributed by atoms with Crippen molar-refractivity contribution in [3.63, 3.8) is 0 Å². The lowest BCUT2D eigenvalue weighted by Gasteiger charge is -2.11. The maximum absolute atomic E-state index is 12.4. The molecule has 6 heteroatoms. The van der Waals surface area contributed by atoms with Gasteiger partial charge in [0, 0.05) is 13.0 Å². The summed E-state index contributed by atoms with van der Waals surface area (Å²) in [5, 5.41) is 0.173. The first-order valence-electron chi connectivity index (χ1n) is 3.89. The molecule has 0 atom stereocenters. The lowest BCUT2D eigenvalue weighted by Crippen LogP contribution is -2.21. The van der Waals surface area contributed by atoms with Gasteiger partial charge in [-0.15, -0.1) is 0 Å². The van der Waals surface area contributed by atoms with Crippen LogP contribution in [0.5, 0.6) is 5.88 Å². The largest absolute Gasteiger partial charge is 0.471 e. The smallest absolute Gasteiger partial charge is 0.278 e. The molecule has 0 amide bonds. The van der Waals surface area contributed by atoms with Crippen LogP contribution in [0.15, 0.2) is 6.07 Å². The van der Waals surface area contributed by atoms with Gasteiger partial charge in [0.15, 0.2) is 6.61 Å². The molecule has 1 aromatic rings. The number of aryl methyl sites for hydroxylation is 1. The Morgan fingerprint density at radius 3 is 2.64 bits per heavy atom. The van der Waals surface area contributed by atoms with Crippen LogP contribution in [0.1, 0.15) is 12.7 Å². The van der Waals surface area contributed by atoms with Gasteiger partial charge in [0.25, 0.3) is 5.92 Å². The van der Waals surface area contributed by atoms with Crippen molar-refractivity contribution >= 4 is 11.6 Å². The van der Waals surface area contributed by atoms with Crippen LogP contribution in [-0.2, 0) is 0 Å². The molecule has 0 saturated heterocycles. The van der Waals surface area contributed by atoms with Gasteiger partial charge in [0.1, 0.15) is 11.0 Å². The fourth-order valence-electron chi connectivity index (χ4n) is 0.780. The van der Waals surface area contributed by atoms with Crippen molar-refractivity contribution in [2.24, 2.45) is 0 Å². The Hall–Kier alpha value is -0.970. The predicted octanol–water partition coefficient (Wildman–Crippen LogP) is 2.47. The minimum absolute atomic E-state index is 0.0593. The highest BCUT2D eigenvalue weighted by Crippen LogP contribution is 2.17. The van der Waals surface area contributed by atoms with E-state index >= 15 is 0 Å². The number of nitrogens with zero attached hydrogens (tertiary/aromatic N) is 2. The van der Waals surface area contributed by atoms with E-state index in [1.165, 1.54) is 6.07 Å². The zero-order valence-electron chi connectivity index (χ0n) is 7.72. The first-order valence-corrected chi connectivity index (χ1v) is 4.26. The molecule has 0 N–H and O–H groups in total. The Morgan fingerprint density at radius 1 is 1.50 bits per heavy atom. The topological polar surface area (TPSA) is 35.0 Å². The van der Waals surface area contributed by atoms with Crippen molar-refractivity contribution in [2.45, 2.75) is 19.8 Å². The van der Waals surface area contributed by atoms with Gasteiger partial charge in [-0.2, -0.15) is 4.98 Å². The molecule has 0 aliphatic rings. The summed E-state index contributed by atoms with van der Waals surface area (Å²) in [6, 6.07) is 1.29. The van der Waals surface area contributed by atoms with E-state index in [4.69, 9.17) is 16.3 Å². The molecule has 1 rings (SSSR count). The highest BCUT2D eigenvalue weighted by atomic mass is 35.5. The van der Waals surface area contributed by atoms with Crippen molar-refractivity contribution in [3.8, 4) is 5.88 Å². The number of hydrogen-bond acceptors (Lipinski definition) is 3. The van der Waals surface area contributed by atoms with Gasteiger partial charge in [-0.05, 0) is 6.92 Å². The Kier molecular flexibility index (Phi) is 3.21. The van der Waals surface area contributed by atoms with Crippen LogP contribution in [0.3, 0.4) is 0 Å². The lowest BCUT2D eigenvalue weighted by atomic mass is 10.4. The third-order valence-corrected chi connectivity index (χ3v) is 1.45. The molecule has 0 radical (unpaired) electrons. The molecule has 3 nitrogen and oxygen atoms in total. The first-order chi connectivity index (χ1) is 6.37. The van der Waals surface area contributed by atoms with Crippen LogP contribution >= 0.6 is 11.6 Å². The fraction of sp³-hybridized carbons (Fsp3) is 0.500. The molecule has 1 heterocycles. The van der Waals surface area contributed by atoms with Gasteiger partial charge in [0.05, 0.1) is 0 Å². The van der Waals surface area contributed by atoms with Gasteiger partial charge in [0.2, 0.25) is 5.88 Å². The number of alkyl halides is 2. The average molecular weight is 223 g/mol. The Balaban J connectivity index is 2.68. The molecule has 0 unspecified atom stereocenters. The summed E-state index contributed by atoms with van der Waals surface area (Å²) in [6.45, 7) is 1.64. The van der Waals surface area contributed by atoms with Crippen LogP contribution < -0.4 is 4.74 Å². The molecular formula is C8H9ClF2N2O. The first kappa shape index (κ1) is 11.1. The minimum atomic E-state index is -2.88. The van der Waals surface area contributed by atoms with E-state index in [1.807, 2.05) is 0 Å². The van der Waals surface area contributed by atoms with Gasteiger partial charge >= 0.3 is 0 Å². The minimum Gasteiger partial charge on any atom is -0.471 e. The Labute approximate surface area is 85.1 Å². The van der Waals surface area contributed by atoms with Gasteiger partial charge in [-0.25, -0.2) is 13.8 Å². The monoisotopic (exact) mass is 222 g/mol. The van der Waals surface area contributed by atoms with Crippen LogP contribution in [0.2, 0.25) is 5.15 Å². The summed E-state index contributed by atoms with van der Waals surface area (Å²) in [5.74, 6) is -2.44. The number of rotatable bonds is 3. The SMILES string of the molecule is Cc1nc(Cl)cc(OCC(C)(F)F)n1. The summed E-state index contributed by atoms with van der Waals surface area (Å²) >= 11 is 5.58. The van der Waals surface area contributed by atoms with Crippen LogP contribution in [0.4, 0.5) is 8.78 Å². The number of hydrogen-bond donors (Lipinski definition) is 0. The summed E-state index contributed by atoms with van der Waals surface area (Å²) in [6.07, 6.45) is 0. The maximum atomic E-state index is 12.4. The second kappa shape index (κ2) is 4.04. The zero-order valence-corrected chi connectivity index (χ0v) is 8.48. The highest BCUT2D eigenvalue weighted by molar-refractivity contribution is 6.29. The summed E-state index contributed by atoms with van der Waals surface area (Å²) in [7, 11) is 0. The standard InChI is InChI=1S/C8H9ClF2N2O/c1-5-12-6(9)3-7(13-5)14-4-8(2,10)11/h3H,4H2,1-2H3. The Morgan fingerprint density at radius 2 is 2.14 bits per heavy atom. The van der Waals surface area contributed by atoms with Gasteiger partial charge < -0.3 is 4.74 Å². The normalized spacial score (nSPS) is 11.5. The van der Waals surface area contributed by atoms with E-state index in [2.05, 4.69) is 9.97 Å². The molecule has 0 aliphatic heterocycles. The molecule has 1 aromatic heterocycles. The third-order valence-electron chi connectivity index (χ3n) is 1.26. The predicted molar refractivity (Wildman–Crippen MR) is 47.9 cm³/mol. The summed E-state index contributed by atoms with van der Waals surface area (Å²) in [5.41, 5.74) is 0. The van der Waals surface area contributed by atoms with E-state index in [9.17, 15) is 8.78 Å². The molecule has 0 spiro atoms. The number of halogens is 3. The maximum Gasteiger partial charge on any atom is 0.278 e. The van der Waals surface area contributed by atoms with E-state index < -0.39 is 12.5 Å². The molecular weight excluding hydrogens is 214 g/mol. The molecule has 78 valence electrons. The second-order valence-corrected chi connectivity index (χ2v) is 3.32. The second-order valence-electron chi connectivity index (χ2n) is 2.94. The number of aromatic nitrogens is 2. The highest BCUT2D eigenvalue weighted by Gasteiger charge is 2.22. The molecule has 0 saturated carbocycles. The van der Waals surface area contributed by atoms with E-state index in [-0.39, 0.29) is 11.0 Å². The fourth-order valence-corrected chi connectivity index (χ4v) is 0.996. The quantitative estimate of drug-likeness (QED) is 0.737. The van der Waals surface area contributed by atoms with E-state index in [0.29, 0.717) is 5.82 Å². The average Bonchev–Trinajstić information content (AvgIpc) is 1.97. The molecule has 0 aromatic carbocycles. The van der Waals surface area contributed by atoms with Crippen LogP contribution in [-0.4, -0.2) is 22.5 Å². The molecule has 14 heavy (non-hydrogen) atoms. The number of ether oxygens (including phenoxy) is 1. The Bertz CT molecular complexity index is 307. The summed E-state index contributed by atoms with van der Waals surface area (Å²) in [4.78, 5) is 7.55.